The largest absolute Gasteiger partial charge is 0.329 e. The molecule has 86 valence electrons. The van der Waals surface area contributed by atoms with Crippen molar-refractivity contribution in [2.75, 3.05) is 25.9 Å². The summed E-state index contributed by atoms with van der Waals surface area (Å²) in [4.78, 5) is 1.20. The van der Waals surface area contributed by atoms with E-state index in [0.29, 0.717) is 6.54 Å². The van der Waals surface area contributed by atoms with Gasteiger partial charge < -0.3 is 5.73 Å². The van der Waals surface area contributed by atoms with Crippen LogP contribution < -0.4 is 5.73 Å². The Kier molecular flexibility index (Phi) is 4.72. The van der Waals surface area contributed by atoms with E-state index in [9.17, 15) is 8.42 Å². The van der Waals surface area contributed by atoms with Crippen molar-refractivity contribution in [3.8, 4) is 0 Å². The summed E-state index contributed by atoms with van der Waals surface area (Å²) >= 11 is 1.64. The maximum Gasteiger partial charge on any atom is 0.215 e. The van der Waals surface area contributed by atoms with Crippen molar-refractivity contribution in [1.82, 2.24) is 4.31 Å². The molecule has 0 atom stereocenters. The third-order valence-electron chi connectivity index (χ3n) is 2.10. The maximum atomic E-state index is 11.5. The Morgan fingerprint density at radius 2 is 2.27 bits per heavy atom. The number of hydrogen-bond donors (Lipinski definition) is 1. The second kappa shape index (κ2) is 5.60. The molecule has 0 aromatic carbocycles. The van der Waals surface area contributed by atoms with Crippen LogP contribution in [0.25, 0.3) is 0 Å². The summed E-state index contributed by atoms with van der Waals surface area (Å²) in [6, 6.07) is 3.97. The number of rotatable bonds is 6. The quantitative estimate of drug-likeness (QED) is 0.798. The highest BCUT2D eigenvalue weighted by molar-refractivity contribution is 7.89. The molecular formula is C9H16N2O2S2. The van der Waals surface area contributed by atoms with Gasteiger partial charge in [-0.05, 0) is 17.9 Å². The van der Waals surface area contributed by atoms with E-state index in [1.54, 1.807) is 18.4 Å². The average Bonchev–Trinajstić information content (AvgIpc) is 2.66. The second-order valence-corrected chi connectivity index (χ2v) is 6.48. The van der Waals surface area contributed by atoms with Gasteiger partial charge in [-0.3, -0.25) is 0 Å². The third-order valence-corrected chi connectivity index (χ3v) is 4.92. The van der Waals surface area contributed by atoms with Gasteiger partial charge in [0.25, 0.3) is 0 Å². The Morgan fingerprint density at radius 1 is 1.53 bits per heavy atom. The maximum absolute atomic E-state index is 11.5. The van der Waals surface area contributed by atoms with E-state index in [0.717, 1.165) is 6.42 Å². The van der Waals surface area contributed by atoms with Crippen LogP contribution in [0, 0.1) is 0 Å². The standard InChI is InChI=1S/C9H16N2O2S2/c1-11(15(12,13)8-5-10)6-4-9-3-2-7-14-9/h2-3,7H,4-6,8,10H2,1H3. The molecular weight excluding hydrogens is 232 g/mol. The lowest BCUT2D eigenvalue weighted by molar-refractivity contribution is 0.473. The molecule has 2 N–H and O–H groups in total. The predicted octanol–water partition coefficient (Wildman–Crippen LogP) is 0.511. The molecule has 0 radical (unpaired) electrons. The summed E-state index contributed by atoms with van der Waals surface area (Å²) in [5.41, 5.74) is 5.24. The van der Waals surface area contributed by atoms with Crippen molar-refractivity contribution in [1.29, 1.82) is 0 Å². The van der Waals surface area contributed by atoms with Crippen molar-refractivity contribution in [2.45, 2.75) is 6.42 Å². The zero-order valence-electron chi connectivity index (χ0n) is 8.72. The van der Waals surface area contributed by atoms with Gasteiger partial charge in [-0.2, -0.15) is 0 Å². The van der Waals surface area contributed by atoms with Gasteiger partial charge in [0.15, 0.2) is 0 Å². The molecule has 4 nitrogen and oxygen atoms in total. The van der Waals surface area contributed by atoms with E-state index >= 15 is 0 Å². The zero-order valence-corrected chi connectivity index (χ0v) is 10.4. The Morgan fingerprint density at radius 3 is 2.80 bits per heavy atom. The molecule has 1 heterocycles. The lowest BCUT2D eigenvalue weighted by Crippen LogP contribution is -2.33. The van der Waals surface area contributed by atoms with Crippen LogP contribution in [0.1, 0.15) is 4.88 Å². The number of sulfonamides is 1. The molecule has 0 saturated carbocycles. The van der Waals surface area contributed by atoms with Crippen LogP contribution in [0.2, 0.25) is 0 Å². The molecule has 15 heavy (non-hydrogen) atoms. The molecule has 0 fully saturated rings. The monoisotopic (exact) mass is 248 g/mol. The van der Waals surface area contributed by atoms with E-state index in [2.05, 4.69) is 0 Å². The number of likely N-dealkylation sites (N-methyl/N-ethyl adjacent to an activating group) is 1. The van der Waals surface area contributed by atoms with Crippen molar-refractivity contribution in [3.05, 3.63) is 22.4 Å². The highest BCUT2D eigenvalue weighted by atomic mass is 32.2. The van der Waals surface area contributed by atoms with Crippen LogP contribution in [0.4, 0.5) is 0 Å². The summed E-state index contributed by atoms with van der Waals surface area (Å²) in [5.74, 6) is 0.0218. The summed E-state index contributed by atoms with van der Waals surface area (Å²) in [6.07, 6.45) is 0.762. The highest BCUT2D eigenvalue weighted by Crippen LogP contribution is 2.10. The fourth-order valence-electron chi connectivity index (χ4n) is 1.17. The van der Waals surface area contributed by atoms with E-state index in [1.807, 2.05) is 17.5 Å². The molecule has 6 heteroatoms. The first-order chi connectivity index (χ1) is 7.06. The van der Waals surface area contributed by atoms with Crippen molar-refractivity contribution in [2.24, 2.45) is 5.73 Å². The van der Waals surface area contributed by atoms with Gasteiger partial charge >= 0.3 is 0 Å². The topological polar surface area (TPSA) is 63.4 Å². The van der Waals surface area contributed by atoms with Crippen LogP contribution in [0.3, 0.4) is 0 Å². The predicted molar refractivity (Wildman–Crippen MR) is 63.5 cm³/mol. The molecule has 1 rings (SSSR count). The lowest BCUT2D eigenvalue weighted by Gasteiger charge is -2.15. The Bertz CT molecular complexity index is 373. The number of hydrogen-bond acceptors (Lipinski definition) is 4. The second-order valence-electron chi connectivity index (χ2n) is 3.26. The van der Waals surface area contributed by atoms with Crippen molar-refractivity contribution >= 4 is 21.4 Å². The van der Waals surface area contributed by atoms with Gasteiger partial charge in [0, 0.05) is 25.0 Å². The smallest absolute Gasteiger partial charge is 0.215 e. The van der Waals surface area contributed by atoms with Crippen LogP contribution >= 0.6 is 11.3 Å². The first-order valence-corrected chi connectivity index (χ1v) is 7.21. The van der Waals surface area contributed by atoms with Gasteiger partial charge in [0.05, 0.1) is 5.75 Å². The van der Waals surface area contributed by atoms with Crippen LogP contribution in [-0.4, -0.2) is 38.6 Å². The Hall–Kier alpha value is -0.430. The summed E-state index contributed by atoms with van der Waals surface area (Å²) in [7, 11) is -1.55. The van der Waals surface area contributed by atoms with Gasteiger partial charge in [-0.1, -0.05) is 6.07 Å². The normalized spacial score (nSPS) is 12.2. The Labute approximate surface area is 94.8 Å². The molecule has 0 saturated heterocycles. The van der Waals surface area contributed by atoms with Gasteiger partial charge in [-0.15, -0.1) is 11.3 Å². The fourth-order valence-corrected chi connectivity index (χ4v) is 2.84. The summed E-state index contributed by atoms with van der Waals surface area (Å²) in [6.45, 7) is 0.689. The average molecular weight is 248 g/mol. The molecule has 1 aromatic rings. The minimum atomic E-state index is -3.15. The number of thiophene rings is 1. The minimum Gasteiger partial charge on any atom is -0.329 e. The van der Waals surface area contributed by atoms with E-state index in [1.165, 1.54) is 9.18 Å². The molecule has 0 unspecified atom stereocenters. The van der Waals surface area contributed by atoms with Crippen LogP contribution in [0.5, 0.6) is 0 Å². The SMILES string of the molecule is CN(CCc1cccs1)S(=O)(=O)CCN. The third kappa shape index (κ3) is 3.90. The zero-order chi connectivity index (χ0) is 11.3. The fraction of sp³-hybridized carbons (Fsp3) is 0.556. The molecule has 0 spiro atoms. The first-order valence-electron chi connectivity index (χ1n) is 4.72. The molecule has 1 aromatic heterocycles. The van der Waals surface area contributed by atoms with Crippen molar-refractivity contribution in [3.63, 3.8) is 0 Å². The van der Waals surface area contributed by atoms with E-state index in [4.69, 9.17) is 5.73 Å². The Balaban J connectivity index is 2.45. The molecule has 0 amide bonds. The summed E-state index contributed by atoms with van der Waals surface area (Å²) < 4.78 is 24.5. The summed E-state index contributed by atoms with van der Waals surface area (Å²) in [5, 5.41) is 1.99. The molecule has 0 bridgehead atoms. The first kappa shape index (κ1) is 12.6. The minimum absolute atomic E-state index is 0.0218. The molecule has 0 aliphatic carbocycles. The van der Waals surface area contributed by atoms with E-state index < -0.39 is 10.0 Å². The molecule has 0 aliphatic heterocycles. The number of nitrogens with two attached hydrogens (primary N) is 1. The van der Waals surface area contributed by atoms with Gasteiger partial charge in [0.2, 0.25) is 10.0 Å². The lowest BCUT2D eigenvalue weighted by atomic mass is 10.3. The van der Waals surface area contributed by atoms with Crippen molar-refractivity contribution < 1.29 is 8.42 Å². The van der Waals surface area contributed by atoms with Gasteiger partial charge in [-0.25, -0.2) is 12.7 Å². The molecule has 0 aliphatic rings. The van der Waals surface area contributed by atoms with Crippen LogP contribution in [-0.2, 0) is 16.4 Å². The van der Waals surface area contributed by atoms with E-state index in [-0.39, 0.29) is 12.3 Å². The van der Waals surface area contributed by atoms with Crippen LogP contribution in [0.15, 0.2) is 17.5 Å². The van der Waals surface area contributed by atoms with Gasteiger partial charge in [0.1, 0.15) is 0 Å². The number of nitrogens with zero attached hydrogens (tertiary/aromatic N) is 1. The highest BCUT2D eigenvalue weighted by Gasteiger charge is 2.16.